The minimum atomic E-state index is -3.48. The molecule has 33 heavy (non-hydrogen) atoms. The predicted molar refractivity (Wildman–Crippen MR) is 126 cm³/mol. The van der Waals surface area contributed by atoms with E-state index in [-0.39, 0.29) is 18.2 Å². The number of rotatable bonds is 10. The second kappa shape index (κ2) is 11.3. The molecule has 0 aromatic heterocycles. The third kappa shape index (κ3) is 6.13. The van der Waals surface area contributed by atoms with E-state index < -0.39 is 10.0 Å². The highest BCUT2D eigenvalue weighted by atomic mass is 32.2. The molecule has 9 heteroatoms. The van der Waals surface area contributed by atoms with Gasteiger partial charge >= 0.3 is 0 Å². The molecule has 2 aromatic rings. The van der Waals surface area contributed by atoms with E-state index in [1.165, 1.54) is 11.4 Å². The third-order valence-electron chi connectivity index (χ3n) is 5.44. The molecule has 1 fully saturated rings. The van der Waals surface area contributed by atoms with Gasteiger partial charge in [0.25, 0.3) is 5.91 Å². The summed E-state index contributed by atoms with van der Waals surface area (Å²) in [4.78, 5) is 12.9. The van der Waals surface area contributed by atoms with E-state index in [4.69, 9.17) is 14.2 Å². The fourth-order valence-corrected chi connectivity index (χ4v) is 5.30. The van der Waals surface area contributed by atoms with E-state index in [0.29, 0.717) is 55.4 Å². The van der Waals surface area contributed by atoms with Gasteiger partial charge in [-0.1, -0.05) is 30.3 Å². The molecule has 1 N–H and O–H groups in total. The lowest BCUT2D eigenvalue weighted by Gasteiger charge is -2.26. The molecular formula is C24H30N2O6S. The Morgan fingerprint density at radius 3 is 2.45 bits per heavy atom. The van der Waals surface area contributed by atoms with Crippen molar-refractivity contribution < 1.29 is 27.4 Å². The van der Waals surface area contributed by atoms with E-state index in [1.54, 1.807) is 37.5 Å². The largest absolute Gasteiger partial charge is 0.493 e. The highest BCUT2D eigenvalue weighted by molar-refractivity contribution is 7.88. The van der Waals surface area contributed by atoms with Crippen LogP contribution in [0.4, 0.5) is 0 Å². The van der Waals surface area contributed by atoms with Gasteiger partial charge in [0.1, 0.15) is 0 Å². The second-order valence-corrected chi connectivity index (χ2v) is 9.55. The molecule has 0 radical (unpaired) electrons. The normalized spacial score (nSPS) is 14.5. The zero-order valence-electron chi connectivity index (χ0n) is 19.0. The average molecular weight is 475 g/mol. The molecule has 8 nitrogen and oxygen atoms in total. The molecule has 1 saturated heterocycles. The van der Waals surface area contributed by atoms with E-state index in [0.717, 1.165) is 11.1 Å². The van der Waals surface area contributed by atoms with Gasteiger partial charge in [-0.05, 0) is 29.7 Å². The van der Waals surface area contributed by atoms with Crippen molar-refractivity contribution in [2.24, 2.45) is 0 Å². The van der Waals surface area contributed by atoms with Crippen LogP contribution in [0.25, 0.3) is 0 Å². The number of hydrogen-bond acceptors (Lipinski definition) is 6. The summed E-state index contributed by atoms with van der Waals surface area (Å²) in [7, 11) is -0.414. The monoisotopic (exact) mass is 474 g/mol. The fraction of sp³-hybridized carbons (Fsp3) is 0.375. The number of sulfonamides is 1. The van der Waals surface area contributed by atoms with Gasteiger partial charge in [0.2, 0.25) is 10.0 Å². The number of carbonyl (C=O) groups is 1. The van der Waals surface area contributed by atoms with Crippen molar-refractivity contribution in [1.29, 1.82) is 0 Å². The van der Waals surface area contributed by atoms with Crippen molar-refractivity contribution in [3.05, 3.63) is 71.3 Å². The molecule has 1 heterocycles. The highest BCUT2D eigenvalue weighted by Gasteiger charge is 2.25. The Bertz CT molecular complexity index is 1090. The molecule has 0 aliphatic carbocycles. The highest BCUT2D eigenvalue weighted by Crippen LogP contribution is 2.33. The summed E-state index contributed by atoms with van der Waals surface area (Å²) in [5.41, 5.74) is 2.61. The minimum Gasteiger partial charge on any atom is -0.493 e. The maximum atomic E-state index is 12.9. The number of nitrogens with zero attached hydrogens (tertiary/aromatic N) is 1. The number of amides is 1. The number of morpholine rings is 1. The lowest BCUT2D eigenvalue weighted by atomic mass is 10.0. The van der Waals surface area contributed by atoms with Crippen molar-refractivity contribution in [2.75, 3.05) is 40.5 Å². The second-order valence-electron chi connectivity index (χ2n) is 7.58. The number of benzene rings is 2. The lowest BCUT2D eigenvalue weighted by Crippen LogP contribution is -2.41. The first-order chi connectivity index (χ1) is 15.9. The number of methoxy groups -OCH3 is 2. The molecule has 1 aliphatic rings. The van der Waals surface area contributed by atoms with Crippen molar-refractivity contribution >= 4 is 15.9 Å². The molecule has 0 spiro atoms. The number of allylic oxidation sites excluding steroid dienone is 1. The van der Waals surface area contributed by atoms with E-state index in [9.17, 15) is 13.2 Å². The number of hydrogen-bond donors (Lipinski definition) is 1. The van der Waals surface area contributed by atoms with Gasteiger partial charge in [0.05, 0.1) is 33.2 Å². The van der Waals surface area contributed by atoms with Crippen LogP contribution in [-0.2, 0) is 33.5 Å². The Labute approximate surface area is 195 Å². The van der Waals surface area contributed by atoms with Crippen molar-refractivity contribution in [2.45, 2.75) is 18.7 Å². The molecule has 0 unspecified atom stereocenters. The minimum absolute atomic E-state index is 0.126. The van der Waals surface area contributed by atoms with Crippen LogP contribution in [0.15, 0.2) is 49.1 Å². The van der Waals surface area contributed by atoms with Crippen LogP contribution < -0.4 is 14.8 Å². The zero-order chi connectivity index (χ0) is 23.8. The molecule has 0 bridgehead atoms. The molecule has 178 valence electrons. The summed E-state index contributed by atoms with van der Waals surface area (Å²) >= 11 is 0. The predicted octanol–water partition coefficient (Wildman–Crippen LogP) is 2.52. The van der Waals surface area contributed by atoms with Crippen molar-refractivity contribution in [1.82, 2.24) is 9.62 Å². The molecule has 0 atom stereocenters. The van der Waals surface area contributed by atoms with Crippen LogP contribution >= 0.6 is 0 Å². The van der Waals surface area contributed by atoms with Crippen LogP contribution in [-0.4, -0.2) is 59.2 Å². The van der Waals surface area contributed by atoms with Gasteiger partial charge in [-0.3, -0.25) is 4.79 Å². The van der Waals surface area contributed by atoms with Gasteiger partial charge in [0.15, 0.2) is 11.5 Å². The summed E-state index contributed by atoms with van der Waals surface area (Å²) < 4.78 is 43.2. The Hall–Kier alpha value is -2.88. The lowest BCUT2D eigenvalue weighted by molar-refractivity contribution is 0.0729. The van der Waals surface area contributed by atoms with Gasteiger partial charge in [-0.2, -0.15) is 4.31 Å². The maximum Gasteiger partial charge on any atom is 0.251 e. The van der Waals surface area contributed by atoms with Gasteiger partial charge in [-0.25, -0.2) is 8.42 Å². The average Bonchev–Trinajstić information content (AvgIpc) is 2.83. The van der Waals surface area contributed by atoms with Crippen molar-refractivity contribution in [3.63, 3.8) is 0 Å². The maximum absolute atomic E-state index is 12.9. The Morgan fingerprint density at radius 1 is 1.12 bits per heavy atom. The summed E-state index contributed by atoms with van der Waals surface area (Å²) in [5, 5.41) is 2.89. The van der Waals surface area contributed by atoms with Crippen LogP contribution in [0.2, 0.25) is 0 Å². The topological polar surface area (TPSA) is 94.2 Å². The number of ether oxygens (including phenoxy) is 3. The summed E-state index contributed by atoms with van der Waals surface area (Å²) in [6, 6.07) is 10.6. The Morgan fingerprint density at radius 2 is 1.82 bits per heavy atom. The molecule has 0 saturated carbocycles. The zero-order valence-corrected chi connectivity index (χ0v) is 19.8. The SMILES string of the molecule is C=CCc1cc(C(=O)NCc2ccccc2CS(=O)(=O)N2CCOCC2)cc(OC)c1OC. The molecule has 2 aromatic carbocycles. The van der Waals surface area contributed by atoms with Gasteiger partial charge < -0.3 is 19.5 Å². The van der Waals surface area contributed by atoms with Gasteiger partial charge in [-0.15, -0.1) is 6.58 Å². The summed E-state index contributed by atoms with van der Waals surface area (Å²) in [5.74, 6) is 0.595. The number of carbonyl (C=O) groups excluding carboxylic acids is 1. The Balaban J connectivity index is 1.76. The first-order valence-corrected chi connectivity index (χ1v) is 12.3. The van der Waals surface area contributed by atoms with Crippen LogP contribution in [0.3, 0.4) is 0 Å². The van der Waals surface area contributed by atoms with Crippen molar-refractivity contribution in [3.8, 4) is 11.5 Å². The fourth-order valence-electron chi connectivity index (χ4n) is 3.74. The van der Waals surface area contributed by atoms with Crippen LogP contribution in [0, 0.1) is 0 Å². The first-order valence-electron chi connectivity index (χ1n) is 10.7. The molecule has 1 aliphatic heterocycles. The quantitative estimate of drug-likeness (QED) is 0.532. The van der Waals surface area contributed by atoms with Crippen LogP contribution in [0.5, 0.6) is 11.5 Å². The molecular weight excluding hydrogens is 444 g/mol. The van der Waals surface area contributed by atoms with Crippen LogP contribution in [0.1, 0.15) is 27.0 Å². The van der Waals surface area contributed by atoms with E-state index in [1.807, 2.05) is 12.1 Å². The first kappa shape index (κ1) is 24.8. The smallest absolute Gasteiger partial charge is 0.251 e. The number of nitrogens with one attached hydrogen (secondary N) is 1. The molecule has 1 amide bonds. The summed E-state index contributed by atoms with van der Waals surface area (Å²) in [6.45, 7) is 5.45. The third-order valence-corrected chi connectivity index (χ3v) is 7.27. The van der Waals surface area contributed by atoms with E-state index in [2.05, 4.69) is 11.9 Å². The van der Waals surface area contributed by atoms with E-state index >= 15 is 0 Å². The molecule has 3 rings (SSSR count). The van der Waals surface area contributed by atoms with Gasteiger partial charge in [0, 0.05) is 30.8 Å². The Kier molecular flexibility index (Phi) is 8.49. The standard InChI is InChI=1S/C24H30N2O6S/c1-4-7-18-14-21(15-22(30-2)23(18)31-3)24(27)25-16-19-8-5-6-9-20(19)17-33(28,29)26-10-12-32-13-11-26/h4-6,8-9,14-15H,1,7,10-13,16-17H2,2-3H3,(H,25,27). The summed E-state index contributed by atoms with van der Waals surface area (Å²) in [6.07, 6.45) is 2.24.